The molecule has 3 atom stereocenters. The number of pyridine rings is 1. The Balaban J connectivity index is 1.56. The predicted molar refractivity (Wildman–Crippen MR) is 262 cm³/mol. The molecule has 0 unspecified atom stereocenters. The predicted octanol–water partition coefficient (Wildman–Crippen LogP) is 0.0825. The van der Waals surface area contributed by atoms with E-state index in [9.17, 15) is 53.7 Å². The molecule has 2 bridgehead atoms. The summed E-state index contributed by atoms with van der Waals surface area (Å²) in [6.07, 6.45) is 1.05. The van der Waals surface area contributed by atoms with Gasteiger partial charge in [-0.1, -0.05) is 40.2 Å². The molecular weight excluding hydrogens is 933 g/mol. The number of rotatable bonds is 12. The Labute approximate surface area is 414 Å². The van der Waals surface area contributed by atoms with E-state index in [2.05, 4.69) is 21.3 Å². The molecule has 0 aliphatic carbocycles. The smallest absolute Gasteiger partial charge is 0.317 e. The molecule has 1 aromatic heterocycles. The highest BCUT2D eigenvalue weighted by molar-refractivity contribution is 7.98. The number of likely N-dealkylation sites (tertiary alicyclic amines) is 1. The minimum absolute atomic E-state index is 0.0339. The van der Waals surface area contributed by atoms with Gasteiger partial charge in [0, 0.05) is 101 Å². The van der Waals surface area contributed by atoms with E-state index in [4.69, 9.17) is 4.98 Å². The van der Waals surface area contributed by atoms with Gasteiger partial charge in [-0.2, -0.15) is 23.5 Å². The van der Waals surface area contributed by atoms with Gasteiger partial charge in [0.25, 0.3) is 0 Å². The van der Waals surface area contributed by atoms with Crippen molar-refractivity contribution in [2.45, 2.75) is 88.9 Å². The average molecular weight is 1010 g/mol. The molecule has 4 heterocycles. The zero-order valence-corrected chi connectivity index (χ0v) is 42.3. The molecule has 0 radical (unpaired) electrons. The number of piperidine rings is 1. The minimum Gasteiger partial charge on any atom is -0.480 e. The first kappa shape index (κ1) is 57.0. The van der Waals surface area contributed by atoms with Gasteiger partial charge in [0.15, 0.2) is 0 Å². The summed E-state index contributed by atoms with van der Waals surface area (Å²) in [6, 6.07) is 3.94. The fourth-order valence-electron chi connectivity index (χ4n) is 8.47. The Kier molecular flexibility index (Phi) is 23.9. The summed E-state index contributed by atoms with van der Waals surface area (Å²) in [7, 11) is 0. The maximum atomic E-state index is 14.7. The fourth-order valence-corrected chi connectivity index (χ4v) is 10.1. The lowest BCUT2D eigenvalue weighted by atomic mass is 9.85. The molecule has 0 aromatic carbocycles. The van der Waals surface area contributed by atoms with E-state index >= 15 is 0 Å². The van der Waals surface area contributed by atoms with Crippen LogP contribution < -0.4 is 21.3 Å². The van der Waals surface area contributed by atoms with Crippen LogP contribution >= 0.6 is 23.5 Å². The molecule has 5 amide bonds. The maximum absolute atomic E-state index is 14.7. The SMILES string of the molecule is CC[C@H](C)[C@@H]1NC(=O)[C@H](CC(C)C)NC(=O)C2(CCN(C(=O)CN3CCN(CC(=O)O)CCN(CC(=O)O)CCN(CC(=O)O)CC3)CC2)NC(=O)CCSCc2cccc(n2)CSCCNC1=O. The molecule has 2 fully saturated rings. The number of nitrogens with one attached hydrogen (secondary N) is 4. The molecule has 0 saturated carbocycles. The second-order valence-electron chi connectivity index (χ2n) is 18.6. The number of amides is 5. The molecule has 2 saturated heterocycles. The average Bonchev–Trinajstić information content (AvgIpc) is 3.29. The van der Waals surface area contributed by atoms with Crippen molar-refractivity contribution in [1.29, 1.82) is 0 Å². The van der Waals surface area contributed by atoms with Crippen LogP contribution in [0, 0.1) is 11.8 Å². The Morgan fingerprint density at radius 1 is 0.710 bits per heavy atom. The summed E-state index contributed by atoms with van der Waals surface area (Å²) in [5.74, 6) is -3.15. The Morgan fingerprint density at radius 3 is 1.68 bits per heavy atom. The third-order valence-electron chi connectivity index (χ3n) is 12.7. The van der Waals surface area contributed by atoms with Gasteiger partial charge >= 0.3 is 17.9 Å². The van der Waals surface area contributed by atoms with E-state index in [-0.39, 0.29) is 147 Å². The molecule has 7 N–H and O–H groups in total. The van der Waals surface area contributed by atoms with E-state index < -0.39 is 47.3 Å². The number of carboxylic acids is 3. The van der Waals surface area contributed by atoms with Crippen molar-refractivity contribution in [3.8, 4) is 0 Å². The first-order valence-electron chi connectivity index (χ1n) is 24.0. The first-order chi connectivity index (χ1) is 32.9. The van der Waals surface area contributed by atoms with Gasteiger partial charge in [-0.05, 0) is 43.2 Å². The topological polar surface area (TPSA) is 274 Å². The number of hydrogen-bond donors (Lipinski definition) is 7. The highest BCUT2D eigenvalue weighted by atomic mass is 32.2. The van der Waals surface area contributed by atoms with Crippen LogP contribution in [0.4, 0.5) is 0 Å². The van der Waals surface area contributed by atoms with E-state index in [1.54, 1.807) is 43.1 Å². The van der Waals surface area contributed by atoms with E-state index in [0.29, 0.717) is 36.0 Å². The largest absolute Gasteiger partial charge is 0.480 e. The standard InChI is InChI=1S/C46H74N10O11S2/c1-5-33(4)42-44(66)47-12-24-69-31-35-8-6-7-34(48-35)30-68-23-9-37(57)51-46(45(67)49-36(25-32(2)3)43(65)50-42)10-13-56(14-11-46)38(58)26-52-15-17-53(27-39(59)60)19-21-55(29-41(63)64)22-20-54(18-16-52)28-40(61)62/h6-8,32-33,36,42H,5,9-31H2,1-4H3,(H,47,66)(H,49,67)(H,50,65)(H,51,57)(H,59,60)(H,61,62)(H,63,64)/t33-,36-,42-/m0/s1. The third kappa shape index (κ3) is 20.0. The normalized spacial score (nSPS) is 22.9. The van der Waals surface area contributed by atoms with Gasteiger partial charge in [0.1, 0.15) is 17.6 Å². The van der Waals surface area contributed by atoms with Crippen LogP contribution in [0.25, 0.3) is 0 Å². The first-order valence-corrected chi connectivity index (χ1v) is 26.3. The lowest BCUT2D eigenvalue weighted by Gasteiger charge is -2.42. The molecule has 4 rings (SSSR count). The molecule has 3 aliphatic rings. The molecule has 1 spiro atoms. The number of thioether (sulfide) groups is 2. The number of fused-ring (bicyclic) bond motifs is 2. The molecule has 1 aromatic rings. The maximum Gasteiger partial charge on any atom is 0.317 e. The van der Waals surface area contributed by atoms with Crippen molar-refractivity contribution >= 4 is 71.0 Å². The zero-order chi connectivity index (χ0) is 50.5. The molecule has 23 heteroatoms. The molecule has 386 valence electrons. The highest BCUT2D eigenvalue weighted by Crippen LogP contribution is 2.25. The summed E-state index contributed by atoms with van der Waals surface area (Å²) < 4.78 is 0. The Hall–Kier alpha value is -4.55. The second kappa shape index (κ2) is 29.0. The fraction of sp³-hybridized carbons (Fsp3) is 0.717. The van der Waals surface area contributed by atoms with Crippen molar-refractivity contribution in [3.63, 3.8) is 0 Å². The van der Waals surface area contributed by atoms with Crippen LogP contribution in [0.1, 0.15) is 71.2 Å². The number of carbonyl (C=O) groups is 8. The number of carboxylic acid groups (broad SMARTS) is 3. The number of hydrogen-bond acceptors (Lipinski definition) is 15. The van der Waals surface area contributed by atoms with Crippen molar-refractivity contribution < 1.29 is 53.7 Å². The third-order valence-corrected chi connectivity index (χ3v) is 14.6. The van der Waals surface area contributed by atoms with Crippen molar-refractivity contribution in [2.24, 2.45) is 11.8 Å². The monoisotopic (exact) mass is 1010 g/mol. The Bertz CT molecular complexity index is 1870. The van der Waals surface area contributed by atoms with Crippen molar-refractivity contribution in [1.82, 2.24) is 50.8 Å². The van der Waals surface area contributed by atoms with Gasteiger partial charge < -0.3 is 41.5 Å². The number of nitrogens with zero attached hydrogens (tertiary/aromatic N) is 6. The summed E-state index contributed by atoms with van der Waals surface area (Å²) in [5.41, 5.74) is 0.291. The van der Waals surface area contributed by atoms with Gasteiger partial charge in [-0.25, -0.2) is 0 Å². The van der Waals surface area contributed by atoms with E-state index in [0.717, 1.165) is 11.4 Å². The van der Waals surface area contributed by atoms with Crippen LogP contribution in [0.2, 0.25) is 0 Å². The van der Waals surface area contributed by atoms with E-state index in [1.807, 2.05) is 50.8 Å². The van der Waals surface area contributed by atoms with Crippen molar-refractivity contribution in [3.05, 3.63) is 29.6 Å². The number of aromatic nitrogens is 1. The van der Waals surface area contributed by atoms with E-state index in [1.165, 1.54) is 0 Å². The Morgan fingerprint density at radius 2 is 1.20 bits per heavy atom. The van der Waals surface area contributed by atoms with Crippen molar-refractivity contribution in [2.75, 3.05) is 110 Å². The molecular formula is C46H74N10O11S2. The van der Waals surface area contributed by atoms with Gasteiger partial charge in [0.2, 0.25) is 29.5 Å². The molecule has 21 nitrogen and oxygen atoms in total. The quantitative estimate of drug-likeness (QED) is 0.146. The lowest BCUT2D eigenvalue weighted by Crippen LogP contribution is -2.66. The number of aliphatic carboxylic acids is 3. The molecule has 3 aliphatic heterocycles. The van der Waals surface area contributed by atoms with Crippen LogP contribution in [-0.4, -0.2) is 220 Å². The van der Waals surface area contributed by atoms with Gasteiger partial charge in [-0.15, -0.1) is 0 Å². The van der Waals surface area contributed by atoms with Crippen LogP contribution in [0.5, 0.6) is 0 Å². The van der Waals surface area contributed by atoms with Gasteiger partial charge in [-0.3, -0.25) is 62.9 Å². The zero-order valence-electron chi connectivity index (χ0n) is 40.6. The van der Waals surface area contributed by atoms with Crippen LogP contribution in [-0.2, 0) is 49.9 Å². The minimum atomic E-state index is -1.48. The molecule has 69 heavy (non-hydrogen) atoms. The van der Waals surface area contributed by atoms with Gasteiger partial charge in [0.05, 0.1) is 37.6 Å². The van der Waals surface area contributed by atoms with Crippen LogP contribution in [0.15, 0.2) is 18.2 Å². The summed E-state index contributed by atoms with van der Waals surface area (Å²) >= 11 is 3.18. The number of carbonyl (C=O) groups excluding carboxylic acids is 5. The summed E-state index contributed by atoms with van der Waals surface area (Å²) in [5, 5.41) is 40.7. The highest BCUT2D eigenvalue weighted by Gasteiger charge is 2.45. The summed E-state index contributed by atoms with van der Waals surface area (Å²) in [6.45, 7) is 9.18. The second-order valence-corrected chi connectivity index (χ2v) is 20.8. The van der Waals surface area contributed by atoms with Crippen LogP contribution in [0.3, 0.4) is 0 Å². The lowest BCUT2D eigenvalue weighted by molar-refractivity contribution is -0.142. The summed E-state index contributed by atoms with van der Waals surface area (Å²) in [4.78, 5) is 119.